The second-order valence-corrected chi connectivity index (χ2v) is 5.07. The van der Waals surface area contributed by atoms with Crippen molar-refractivity contribution in [3.05, 3.63) is 6.92 Å². The van der Waals surface area contributed by atoms with Gasteiger partial charge in [0.1, 0.15) is 0 Å². The lowest BCUT2D eigenvalue weighted by Crippen LogP contribution is -2.24. The fraction of sp³-hybridized carbons (Fsp3) is 0.909. The highest BCUT2D eigenvalue weighted by Crippen LogP contribution is 2.65. The zero-order valence-corrected chi connectivity index (χ0v) is 7.18. The second-order valence-electron chi connectivity index (χ2n) is 5.07. The molecule has 0 aromatic rings. The van der Waals surface area contributed by atoms with Gasteiger partial charge in [-0.05, 0) is 62.2 Å². The first-order valence-electron chi connectivity index (χ1n) is 5.15. The highest BCUT2D eigenvalue weighted by atomic mass is 14.6. The molecule has 1 radical (unpaired) electrons. The van der Waals surface area contributed by atoms with Gasteiger partial charge in [-0.1, -0.05) is 6.42 Å². The average Bonchev–Trinajstić information content (AvgIpc) is 2.53. The van der Waals surface area contributed by atoms with E-state index in [1.54, 1.807) is 0 Å². The van der Waals surface area contributed by atoms with E-state index in [-0.39, 0.29) is 0 Å². The van der Waals surface area contributed by atoms with Gasteiger partial charge < -0.3 is 0 Å². The van der Waals surface area contributed by atoms with E-state index in [4.69, 9.17) is 0 Å². The molecule has 4 unspecified atom stereocenters. The van der Waals surface area contributed by atoms with Gasteiger partial charge in [-0.3, -0.25) is 0 Å². The molecule has 0 heteroatoms. The fourth-order valence-electron chi connectivity index (χ4n) is 4.21. The average molecular weight is 149 g/mol. The lowest BCUT2D eigenvalue weighted by atomic mass is 9.73. The van der Waals surface area contributed by atoms with E-state index in [1.807, 2.05) is 0 Å². The summed E-state index contributed by atoms with van der Waals surface area (Å²) in [5.41, 5.74) is 0.561. The van der Waals surface area contributed by atoms with Crippen LogP contribution < -0.4 is 0 Å². The molecular weight excluding hydrogens is 132 g/mol. The summed E-state index contributed by atoms with van der Waals surface area (Å²) in [5.74, 6) is 3.25. The second kappa shape index (κ2) is 1.84. The molecule has 0 aromatic carbocycles. The predicted octanol–water partition coefficient (Wildman–Crippen LogP) is 3.04. The van der Waals surface area contributed by atoms with E-state index in [0.29, 0.717) is 5.41 Å². The molecule has 3 saturated carbocycles. The van der Waals surface area contributed by atoms with Crippen molar-refractivity contribution in [3.8, 4) is 0 Å². The number of rotatable bonds is 0. The van der Waals surface area contributed by atoms with Crippen LogP contribution in [0.5, 0.6) is 0 Å². The van der Waals surface area contributed by atoms with Gasteiger partial charge in [-0.15, -0.1) is 0 Å². The molecule has 0 N–H and O–H groups in total. The van der Waals surface area contributed by atoms with E-state index < -0.39 is 0 Å². The van der Waals surface area contributed by atoms with Gasteiger partial charge in [-0.2, -0.15) is 0 Å². The van der Waals surface area contributed by atoms with Gasteiger partial charge in [0.25, 0.3) is 0 Å². The van der Waals surface area contributed by atoms with Gasteiger partial charge in [-0.25, -0.2) is 0 Å². The third-order valence-corrected chi connectivity index (χ3v) is 4.64. The number of hydrogen-bond donors (Lipinski definition) is 0. The predicted molar refractivity (Wildman–Crippen MR) is 46.0 cm³/mol. The molecule has 2 bridgehead atoms. The maximum atomic E-state index is 4.47. The first-order valence-corrected chi connectivity index (χ1v) is 5.15. The summed E-state index contributed by atoms with van der Waals surface area (Å²) in [5, 5.41) is 0. The van der Waals surface area contributed by atoms with Crippen molar-refractivity contribution >= 4 is 0 Å². The minimum atomic E-state index is 0.561. The highest BCUT2D eigenvalue weighted by Gasteiger charge is 2.55. The van der Waals surface area contributed by atoms with Crippen LogP contribution in [0.2, 0.25) is 0 Å². The summed E-state index contributed by atoms with van der Waals surface area (Å²) in [6.07, 6.45) is 8.96. The Labute approximate surface area is 69.4 Å². The first kappa shape index (κ1) is 6.51. The third-order valence-electron chi connectivity index (χ3n) is 4.64. The summed E-state index contributed by atoms with van der Waals surface area (Å²) in [4.78, 5) is 0. The van der Waals surface area contributed by atoms with Crippen molar-refractivity contribution in [2.24, 2.45) is 23.2 Å². The summed E-state index contributed by atoms with van der Waals surface area (Å²) in [6, 6.07) is 0. The minimum Gasteiger partial charge on any atom is -0.0527 e. The Morgan fingerprint density at radius 2 is 2.09 bits per heavy atom. The van der Waals surface area contributed by atoms with Crippen LogP contribution in [-0.2, 0) is 0 Å². The third kappa shape index (κ3) is 0.666. The standard InChI is InChI=1S/C11H17/c1-11-6-5-8(7-11)9-3-2-4-10(9)11/h8-10H,1-7H2. The summed E-state index contributed by atoms with van der Waals surface area (Å²) >= 11 is 0. The molecule has 0 spiro atoms. The van der Waals surface area contributed by atoms with E-state index in [9.17, 15) is 0 Å². The Morgan fingerprint density at radius 1 is 1.18 bits per heavy atom. The molecular formula is C11H17. The molecule has 3 rings (SSSR count). The van der Waals surface area contributed by atoms with Crippen LogP contribution in [0, 0.1) is 30.1 Å². The normalized spacial score (nSPS) is 60.3. The van der Waals surface area contributed by atoms with Crippen molar-refractivity contribution < 1.29 is 0 Å². The van der Waals surface area contributed by atoms with Crippen LogP contribution in [0.3, 0.4) is 0 Å². The lowest BCUT2D eigenvalue weighted by Gasteiger charge is -2.32. The smallest absolute Gasteiger partial charge is 0.0263 e. The molecule has 11 heavy (non-hydrogen) atoms. The maximum absolute atomic E-state index is 4.47. The van der Waals surface area contributed by atoms with E-state index in [2.05, 4.69) is 6.92 Å². The van der Waals surface area contributed by atoms with Crippen LogP contribution in [0.1, 0.15) is 38.5 Å². The summed E-state index contributed by atoms with van der Waals surface area (Å²) in [7, 11) is 0. The number of hydrogen-bond acceptors (Lipinski definition) is 0. The molecule has 3 aliphatic carbocycles. The molecule has 0 saturated heterocycles. The number of fused-ring (bicyclic) bond motifs is 5. The van der Waals surface area contributed by atoms with Crippen LogP contribution >= 0.6 is 0 Å². The van der Waals surface area contributed by atoms with Gasteiger partial charge in [0, 0.05) is 0 Å². The van der Waals surface area contributed by atoms with Crippen molar-refractivity contribution in [2.45, 2.75) is 38.5 Å². The Morgan fingerprint density at radius 3 is 2.91 bits per heavy atom. The molecule has 0 heterocycles. The van der Waals surface area contributed by atoms with Gasteiger partial charge in [0.2, 0.25) is 0 Å². The van der Waals surface area contributed by atoms with Crippen LogP contribution in [0.15, 0.2) is 0 Å². The fourth-order valence-corrected chi connectivity index (χ4v) is 4.21. The Balaban J connectivity index is 1.98. The van der Waals surface area contributed by atoms with Gasteiger partial charge in [0.15, 0.2) is 0 Å². The largest absolute Gasteiger partial charge is 0.0527 e. The van der Waals surface area contributed by atoms with E-state index in [0.717, 1.165) is 17.8 Å². The van der Waals surface area contributed by atoms with Crippen molar-refractivity contribution in [2.75, 3.05) is 0 Å². The molecule has 0 aromatic heterocycles. The zero-order valence-electron chi connectivity index (χ0n) is 7.18. The topological polar surface area (TPSA) is 0 Å². The van der Waals surface area contributed by atoms with Crippen molar-refractivity contribution in [1.82, 2.24) is 0 Å². The SMILES string of the molecule is [CH2]C12CCC(C1)C1CCCC12. The van der Waals surface area contributed by atoms with E-state index in [1.165, 1.54) is 38.5 Å². The molecule has 4 atom stereocenters. The van der Waals surface area contributed by atoms with Crippen LogP contribution in [0.4, 0.5) is 0 Å². The van der Waals surface area contributed by atoms with Crippen molar-refractivity contribution in [3.63, 3.8) is 0 Å². The van der Waals surface area contributed by atoms with Crippen LogP contribution in [0.25, 0.3) is 0 Å². The highest BCUT2D eigenvalue weighted by molar-refractivity contribution is 5.08. The Bertz CT molecular complexity index is 184. The zero-order chi connectivity index (χ0) is 7.47. The molecule has 0 amide bonds. The van der Waals surface area contributed by atoms with Crippen LogP contribution in [-0.4, -0.2) is 0 Å². The Hall–Kier alpha value is 0. The maximum Gasteiger partial charge on any atom is -0.0263 e. The molecule has 3 fully saturated rings. The van der Waals surface area contributed by atoms with Gasteiger partial charge >= 0.3 is 0 Å². The van der Waals surface area contributed by atoms with Gasteiger partial charge in [0.05, 0.1) is 0 Å². The quantitative estimate of drug-likeness (QED) is 0.496. The minimum absolute atomic E-state index is 0.561. The summed E-state index contributed by atoms with van der Waals surface area (Å²) < 4.78 is 0. The molecule has 61 valence electrons. The van der Waals surface area contributed by atoms with E-state index >= 15 is 0 Å². The summed E-state index contributed by atoms with van der Waals surface area (Å²) in [6.45, 7) is 4.47. The molecule has 0 aliphatic heterocycles. The first-order chi connectivity index (χ1) is 5.30. The van der Waals surface area contributed by atoms with Crippen molar-refractivity contribution in [1.29, 1.82) is 0 Å². The monoisotopic (exact) mass is 149 g/mol. The lowest BCUT2D eigenvalue weighted by molar-refractivity contribution is 0.200. The Kier molecular flexibility index (Phi) is 1.09. The molecule has 0 nitrogen and oxygen atoms in total. The molecule has 3 aliphatic rings.